The molecule has 0 spiro atoms. The second kappa shape index (κ2) is 5.47. The van der Waals surface area contributed by atoms with Gasteiger partial charge in [-0.05, 0) is 12.3 Å². The summed E-state index contributed by atoms with van der Waals surface area (Å²) in [5.74, 6) is 0.591. The van der Waals surface area contributed by atoms with Gasteiger partial charge in [-0.1, -0.05) is 22.9 Å². The van der Waals surface area contributed by atoms with Crippen LogP contribution in [-0.4, -0.2) is 54.6 Å². The number of amides is 1. The Morgan fingerprint density at radius 2 is 2.25 bits per heavy atom. The predicted octanol–water partition coefficient (Wildman–Crippen LogP) is 1.03. The van der Waals surface area contributed by atoms with Gasteiger partial charge in [0.05, 0.1) is 19.8 Å². The first kappa shape index (κ1) is 12.3. The van der Waals surface area contributed by atoms with E-state index in [9.17, 15) is 4.79 Å². The zero-order valence-corrected chi connectivity index (χ0v) is 11.1. The van der Waals surface area contributed by atoms with Crippen LogP contribution in [0.3, 0.4) is 0 Å². The van der Waals surface area contributed by atoms with E-state index in [1.54, 1.807) is 0 Å². The van der Waals surface area contributed by atoms with Crippen LogP contribution in [0.25, 0.3) is 0 Å². The molecule has 0 aromatic carbocycles. The van der Waals surface area contributed by atoms with E-state index in [0.29, 0.717) is 30.6 Å². The summed E-state index contributed by atoms with van der Waals surface area (Å²) in [6.07, 6.45) is 0.633. The number of likely N-dealkylation sites (tertiary alicyclic amines) is 1. The third-order valence-corrected chi connectivity index (χ3v) is 4.56. The standard InChI is InChI=1S/C11H18BrNO3/c1-8-6-13(3-2-9(8)12)11(14)10-7-15-4-5-16-10/h8-10H,2-7H2,1H3. The van der Waals surface area contributed by atoms with Crippen molar-refractivity contribution in [2.75, 3.05) is 32.9 Å². The Morgan fingerprint density at radius 1 is 1.44 bits per heavy atom. The van der Waals surface area contributed by atoms with Crippen molar-refractivity contribution in [3.05, 3.63) is 0 Å². The SMILES string of the molecule is CC1CN(C(=O)C2COCCO2)CCC1Br. The number of hydrogen-bond donors (Lipinski definition) is 0. The van der Waals surface area contributed by atoms with Gasteiger partial charge in [-0.25, -0.2) is 0 Å². The van der Waals surface area contributed by atoms with Crippen molar-refractivity contribution in [2.45, 2.75) is 24.3 Å². The van der Waals surface area contributed by atoms with Crippen LogP contribution >= 0.6 is 15.9 Å². The molecule has 2 saturated heterocycles. The second-order valence-corrected chi connectivity index (χ2v) is 5.68. The van der Waals surface area contributed by atoms with Crippen LogP contribution in [0.2, 0.25) is 0 Å². The summed E-state index contributed by atoms with van der Waals surface area (Å²) in [5.41, 5.74) is 0. The fourth-order valence-corrected chi connectivity index (χ4v) is 2.52. The first-order valence-corrected chi connectivity index (χ1v) is 6.72. The summed E-state index contributed by atoms with van der Waals surface area (Å²) in [4.78, 5) is 14.5. The van der Waals surface area contributed by atoms with Gasteiger partial charge >= 0.3 is 0 Å². The van der Waals surface area contributed by atoms with Crippen LogP contribution in [0.1, 0.15) is 13.3 Å². The van der Waals surface area contributed by atoms with Gasteiger partial charge in [-0.15, -0.1) is 0 Å². The van der Waals surface area contributed by atoms with E-state index in [4.69, 9.17) is 9.47 Å². The Bertz CT molecular complexity index is 256. The van der Waals surface area contributed by atoms with Crippen molar-refractivity contribution in [1.29, 1.82) is 0 Å². The molecule has 2 aliphatic rings. The highest BCUT2D eigenvalue weighted by Crippen LogP contribution is 2.24. The van der Waals surface area contributed by atoms with Crippen LogP contribution in [0, 0.1) is 5.92 Å². The number of rotatable bonds is 1. The maximum atomic E-state index is 12.1. The van der Waals surface area contributed by atoms with Crippen molar-refractivity contribution in [3.8, 4) is 0 Å². The highest BCUT2D eigenvalue weighted by Gasteiger charge is 2.32. The van der Waals surface area contributed by atoms with Gasteiger partial charge in [0.1, 0.15) is 0 Å². The van der Waals surface area contributed by atoms with Gasteiger partial charge < -0.3 is 14.4 Å². The molecular weight excluding hydrogens is 274 g/mol. The summed E-state index contributed by atoms with van der Waals surface area (Å²) in [6.45, 7) is 5.33. The molecule has 0 aromatic rings. The number of piperidine rings is 1. The monoisotopic (exact) mass is 291 g/mol. The summed E-state index contributed by atoms with van der Waals surface area (Å²) >= 11 is 3.63. The number of carbonyl (C=O) groups is 1. The molecule has 5 heteroatoms. The van der Waals surface area contributed by atoms with Crippen molar-refractivity contribution < 1.29 is 14.3 Å². The average Bonchev–Trinajstić information content (AvgIpc) is 2.33. The van der Waals surface area contributed by atoms with E-state index >= 15 is 0 Å². The topological polar surface area (TPSA) is 38.8 Å². The molecule has 0 bridgehead atoms. The lowest BCUT2D eigenvalue weighted by atomic mass is 9.99. The zero-order valence-electron chi connectivity index (χ0n) is 9.52. The van der Waals surface area contributed by atoms with Crippen LogP contribution in [0.4, 0.5) is 0 Å². The van der Waals surface area contributed by atoms with Crippen molar-refractivity contribution in [3.63, 3.8) is 0 Å². The summed E-state index contributed by atoms with van der Waals surface area (Å²) in [5, 5.41) is 0. The summed E-state index contributed by atoms with van der Waals surface area (Å²) in [7, 11) is 0. The maximum Gasteiger partial charge on any atom is 0.254 e. The number of ether oxygens (including phenoxy) is 2. The van der Waals surface area contributed by atoms with Gasteiger partial charge in [0.25, 0.3) is 5.91 Å². The molecule has 0 N–H and O–H groups in total. The van der Waals surface area contributed by atoms with Gasteiger partial charge in [-0.3, -0.25) is 4.79 Å². The third kappa shape index (κ3) is 2.76. The fraction of sp³-hybridized carbons (Fsp3) is 0.909. The van der Waals surface area contributed by atoms with Crippen LogP contribution < -0.4 is 0 Å². The summed E-state index contributed by atoms with van der Waals surface area (Å²) < 4.78 is 10.7. The fourth-order valence-electron chi connectivity index (χ4n) is 2.15. The Hall–Kier alpha value is -0.130. The number of hydrogen-bond acceptors (Lipinski definition) is 3. The minimum atomic E-state index is -0.382. The van der Waals surface area contributed by atoms with E-state index in [-0.39, 0.29) is 12.0 Å². The van der Waals surface area contributed by atoms with Gasteiger partial charge in [-0.2, -0.15) is 0 Å². The molecule has 92 valence electrons. The lowest BCUT2D eigenvalue weighted by Gasteiger charge is -2.36. The zero-order chi connectivity index (χ0) is 11.5. The molecule has 3 atom stereocenters. The Labute approximate surface area is 104 Å². The molecule has 2 fully saturated rings. The molecule has 0 aromatic heterocycles. The molecule has 16 heavy (non-hydrogen) atoms. The average molecular weight is 292 g/mol. The highest BCUT2D eigenvalue weighted by atomic mass is 79.9. The summed E-state index contributed by atoms with van der Waals surface area (Å²) in [6, 6.07) is 0. The second-order valence-electron chi connectivity index (χ2n) is 4.50. The molecule has 0 radical (unpaired) electrons. The Kier molecular flexibility index (Phi) is 4.21. The number of halogens is 1. The Morgan fingerprint density at radius 3 is 2.88 bits per heavy atom. The minimum absolute atomic E-state index is 0.0888. The van der Waals surface area contributed by atoms with Crippen molar-refractivity contribution in [2.24, 2.45) is 5.92 Å². The van der Waals surface area contributed by atoms with E-state index in [1.165, 1.54) is 0 Å². The van der Waals surface area contributed by atoms with Gasteiger partial charge in [0.2, 0.25) is 0 Å². The van der Waals surface area contributed by atoms with E-state index in [2.05, 4.69) is 22.9 Å². The van der Waals surface area contributed by atoms with E-state index in [0.717, 1.165) is 19.5 Å². The van der Waals surface area contributed by atoms with Gasteiger partial charge in [0, 0.05) is 17.9 Å². The molecule has 0 aliphatic carbocycles. The molecule has 2 rings (SSSR count). The molecule has 2 heterocycles. The molecule has 0 saturated carbocycles. The van der Waals surface area contributed by atoms with Crippen LogP contribution in [0.15, 0.2) is 0 Å². The van der Waals surface area contributed by atoms with Crippen LogP contribution in [-0.2, 0) is 14.3 Å². The smallest absolute Gasteiger partial charge is 0.254 e. The van der Waals surface area contributed by atoms with Crippen molar-refractivity contribution in [1.82, 2.24) is 4.90 Å². The first-order chi connectivity index (χ1) is 7.68. The lowest BCUT2D eigenvalue weighted by Crippen LogP contribution is -2.50. The number of alkyl halides is 1. The van der Waals surface area contributed by atoms with E-state index < -0.39 is 0 Å². The normalized spacial score (nSPS) is 36.1. The first-order valence-electron chi connectivity index (χ1n) is 5.80. The minimum Gasteiger partial charge on any atom is -0.376 e. The largest absolute Gasteiger partial charge is 0.376 e. The molecule has 4 nitrogen and oxygen atoms in total. The quantitative estimate of drug-likeness (QED) is 0.678. The molecule has 2 aliphatic heterocycles. The highest BCUT2D eigenvalue weighted by molar-refractivity contribution is 9.09. The van der Waals surface area contributed by atoms with Crippen molar-refractivity contribution >= 4 is 21.8 Å². The van der Waals surface area contributed by atoms with E-state index in [1.807, 2.05) is 4.90 Å². The number of carbonyl (C=O) groups excluding carboxylic acids is 1. The molecule has 1 amide bonds. The molecule has 3 unspecified atom stereocenters. The number of nitrogens with zero attached hydrogens (tertiary/aromatic N) is 1. The van der Waals surface area contributed by atoms with Gasteiger partial charge in [0.15, 0.2) is 6.10 Å². The van der Waals surface area contributed by atoms with Crippen LogP contribution in [0.5, 0.6) is 0 Å². The Balaban J connectivity index is 1.89. The lowest BCUT2D eigenvalue weighted by molar-refractivity contribution is -0.159. The third-order valence-electron chi connectivity index (χ3n) is 3.20. The maximum absolute atomic E-state index is 12.1. The molecular formula is C11H18BrNO3. The predicted molar refractivity (Wildman–Crippen MR) is 63.6 cm³/mol.